The Morgan fingerprint density at radius 3 is 2.56 bits per heavy atom. The third kappa shape index (κ3) is 7.00. The summed E-state index contributed by atoms with van der Waals surface area (Å²) in [4.78, 5) is 32.2. The Hall–Kier alpha value is -1.85. The van der Waals surface area contributed by atoms with E-state index in [1.807, 2.05) is 38.9 Å². The third-order valence-corrected chi connectivity index (χ3v) is 3.88. The number of aliphatic imine (C=N–C) groups is 1. The average Bonchev–Trinajstić information content (AvgIpc) is 2.96. The normalized spacial score (nSPS) is 15.4. The Bertz CT molecular complexity index is 681. The van der Waals surface area contributed by atoms with Crippen molar-refractivity contribution < 1.29 is 9.59 Å². The lowest BCUT2D eigenvalue weighted by molar-refractivity contribution is -0.122. The highest BCUT2D eigenvalue weighted by atomic mass is 127. The predicted octanol–water partition coefficient (Wildman–Crippen LogP) is 0.567. The third-order valence-electron chi connectivity index (χ3n) is 3.88. The Morgan fingerprint density at radius 2 is 2.04 bits per heavy atom. The largest absolute Gasteiger partial charge is 0.356 e. The molecule has 1 fully saturated rings. The summed E-state index contributed by atoms with van der Waals surface area (Å²) in [5.41, 5.74) is 0.562. The van der Waals surface area contributed by atoms with Gasteiger partial charge in [-0.2, -0.15) is 5.10 Å². The van der Waals surface area contributed by atoms with Crippen LogP contribution < -0.4 is 15.5 Å². The van der Waals surface area contributed by atoms with Gasteiger partial charge in [0.25, 0.3) is 0 Å². The van der Waals surface area contributed by atoms with Gasteiger partial charge >= 0.3 is 0 Å². The number of hydrogen-bond acceptors (Lipinski definition) is 4. The second-order valence-electron chi connectivity index (χ2n) is 7.36. The van der Waals surface area contributed by atoms with Gasteiger partial charge in [0.15, 0.2) is 5.96 Å². The Morgan fingerprint density at radius 1 is 1.33 bits per heavy atom. The van der Waals surface area contributed by atoms with E-state index in [-0.39, 0.29) is 47.9 Å². The van der Waals surface area contributed by atoms with Crippen LogP contribution in [0.5, 0.6) is 0 Å². The second kappa shape index (κ2) is 9.90. The van der Waals surface area contributed by atoms with E-state index in [4.69, 9.17) is 0 Å². The molecule has 2 amide bonds. The molecule has 152 valence electrons. The molecule has 1 aliphatic heterocycles. The number of rotatable bonds is 4. The number of anilines is 1. The molecule has 2 rings (SSSR count). The van der Waals surface area contributed by atoms with Gasteiger partial charge in [-0.15, -0.1) is 24.0 Å². The van der Waals surface area contributed by atoms with Gasteiger partial charge in [0.1, 0.15) is 6.54 Å². The number of hydrogen-bond donors (Lipinski definition) is 2. The minimum absolute atomic E-state index is 0. The maximum atomic E-state index is 12.5. The molecular weight excluding hydrogens is 461 g/mol. The van der Waals surface area contributed by atoms with E-state index in [1.165, 1.54) is 0 Å². The van der Waals surface area contributed by atoms with E-state index in [2.05, 4.69) is 20.7 Å². The maximum Gasteiger partial charge on any atom is 0.246 e. The van der Waals surface area contributed by atoms with Crippen LogP contribution in [0.15, 0.2) is 17.4 Å². The number of carbonyl (C=O) groups is 2. The minimum atomic E-state index is -0.242. The highest BCUT2D eigenvalue weighted by molar-refractivity contribution is 14.0. The first kappa shape index (κ1) is 23.2. The van der Waals surface area contributed by atoms with Crippen LogP contribution in [0.2, 0.25) is 0 Å². The molecule has 1 aliphatic rings. The topological polar surface area (TPSA) is 94.9 Å². The van der Waals surface area contributed by atoms with Crippen LogP contribution in [-0.2, 0) is 16.6 Å². The molecule has 10 heteroatoms. The molecule has 27 heavy (non-hydrogen) atoms. The van der Waals surface area contributed by atoms with Crippen LogP contribution in [0.25, 0.3) is 0 Å². The molecule has 0 atom stereocenters. The molecule has 2 N–H and O–H groups in total. The second-order valence-corrected chi connectivity index (χ2v) is 7.36. The van der Waals surface area contributed by atoms with Crippen LogP contribution in [0, 0.1) is 0 Å². The molecule has 0 bridgehead atoms. The smallest absolute Gasteiger partial charge is 0.246 e. The molecule has 0 unspecified atom stereocenters. The number of amides is 2. The van der Waals surface area contributed by atoms with Crippen molar-refractivity contribution in [3.05, 3.63) is 12.4 Å². The van der Waals surface area contributed by atoms with E-state index >= 15 is 0 Å². The summed E-state index contributed by atoms with van der Waals surface area (Å²) in [5, 5.41) is 10.2. The fourth-order valence-corrected chi connectivity index (χ4v) is 2.78. The van der Waals surface area contributed by atoms with Crippen molar-refractivity contribution in [1.29, 1.82) is 0 Å². The van der Waals surface area contributed by atoms with Gasteiger partial charge in [0.2, 0.25) is 11.8 Å². The van der Waals surface area contributed by atoms with Crippen LogP contribution in [-0.4, -0.2) is 71.2 Å². The van der Waals surface area contributed by atoms with Crippen molar-refractivity contribution in [2.45, 2.75) is 32.7 Å². The molecule has 0 radical (unpaired) electrons. The predicted molar refractivity (Wildman–Crippen MR) is 116 cm³/mol. The van der Waals surface area contributed by atoms with E-state index < -0.39 is 0 Å². The fourth-order valence-electron chi connectivity index (χ4n) is 2.78. The number of piperazine rings is 1. The van der Waals surface area contributed by atoms with Crippen molar-refractivity contribution in [2.24, 2.45) is 12.0 Å². The molecule has 2 heterocycles. The van der Waals surface area contributed by atoms with Crippen LogP contribution in [0.4, 0.5) is 5.69 Å². The quantitative estimate of drug-likeness (QED) is 0.365. The average molecular weight is 491 g/mol. The molecule has 1 aromatic rings. The summed E-state index contributed by atoms with van der Waals surface area (Å²) < 4.78 is 1.68. The van der Waals surface area contributed by atoms with E-state index in [1.54, 1.807) is 22.8 Å². The number of guanidine groups is 1. The summed E-state index contributed by atoms with van der Waals surface area (Å²) in [6.07, 6.45) is 3.86. The van der Waals surface area contributed by atoms with E-state index in [9.17, 15) is 9.59 Å². The van der Waals surface area contributed by atoms with Crippen LogP contribution in [0.1, 0.15) is 27.2 Å². The zero-order chi connectivity index (χ0) is 19.3. The van der Waals surface area contributed by atoms with Gasteiger partial charge in [-0.05, 0) is 20.8 Å². The van der Waals surface area contributed by atoms with Gasteiger partial charge in [-0.1, -0.05) is 0 Å². The first-order chi connectivity index (χ1) is 12.2. The van der Waals surface area contributed by atoms with E-state index in [0.717, 1.165) is 5.69 Å². The van der Waals surface area contributed by atoms with Crippen LogP contribution in [0.3, 0.4) is 0 Å². The van der Waals surface area contributed by atoms with Crippen molar-refractivity contribution >= 4 is 47.4 Å². The van der Waals surface area contributed by atoms with Crippen molar-refractivity contribution in [3.8, 4) is 0 Å². The number of aryl methyl sites for hydroxylation is 1. The Kier molecular flexibility index (Phi) is 8.51. The number of carbonyl (C=O) groups excluding carboxylic acids is 2. The first-order valence-electron chi connectivity index (χ1n) is 8.75. The van der Waals surface area contributed by atoms with Crippen molar-refractivity contribution in [3.63, 3.8) is 0 Å². The van der Waals surface area contributed by atoms with Crippen molar-refractivity contribution in [2.75, 3.05) is 38.1 Å². The molecular formula is C17H30IN7O2. The lowest BCUT2D eigenvalue weighted by Crippen LogP contribution is -2.55. The number of aromatic nitrogens is 2. The lowest BCUT2D eigenvalue weighted by atomic mass is 10.1. The zero-order valence-electron chi connectivity index (χ0n) is 16.7. The summed E-state index contributed by atoms with van der Waals surface area (Å²) >= 11 is 0. The standard InChI is InChI=1S/C17H29N7O2.HI/c1-17(2,3)21-14(25)6-7-19-16(18-4)23-8-9-24(15(26)12-23)13-10-20-22(5)11-13;/h10-11H,6-9,12H2,1-5H3,(H,18,19)(H,21,25);1H. The highest BCUT2D eigenvalue weighted by Gasteiger charge is 2.27. The van der Waals surface area contributed by atoms with E-state index in [0.29, 0.717) is 32.0 Å². The summed E-state index contributed by atoms with van der Waals surface area (Å²) in [6.45, 7) is 7.78. The summed E-state index contributed by atoms with van der Waals surface area (Å²) in [6, 6.07) is 0. The molecule has 0 aromatic carbocycles. The number of nitrogens with one attached hydrogen (secondary N) is 2. The number of nitrogens with zero attached hydrogens (tertiary/aromatic N) is 5. The van der Waals surface area contributed by atoms with Crippen molar-refractivity contribution in [1.82, 2.24) is 25.3 Å². The monoisotopic (exact) mass is 491 g/mol. The molecule has 1 aromatic heterocycles. The molecule has 0 aliphatic carbocycles. The van der Waals surface area contributed by atoms with Gasteiger partial charge < -0.3 is 20.4 Å². The molecule has 9 nitrogen and oxygen atoms in total. The summed E-state index contributed by atoms with van der Waals surface area (Å²) in [7, 11) is 3.50. The SMILES string of the molecule is CN=C(NCCC(=O)NC(C)(C)C)N1CCN(c2cnn(C)c2)C(=O)C1.I. The molecule has 0 spiro atoms. The van der Waals surface area contributed by atoms with Crippen LogP contribution >= 0.6 is 24.0 Å². The maximum absolute atomic E-state index is 12.5. The first-order valence-corrected chi connectivity index (χ1v) is 8.75. The van der Waals surface area contributed by atoms with Gasteiger partial charge in [-0.3, -0.25) is 19.3 Å². The molecule has 0 saturated carbocycles. The lowest BCUT2D eigenvalue weighted by Gasteiger charge is -2.35. The Balaban J connectivity index is 0.00000364. The fraction of sp³-hybridized carbons (Fsp3) is 0.647. The van der Waals surface area contributed by atoms with Gasteiger partial charge in [0, 0.05) is 51.9 Å². The zero-order valence-corrected chi connectivity index (χ0v) is 19.0. The number of halogens is 1. The van der Waals surface area contributed by atoms with Gasteiger partial charge in [-0.25, -0.2) is 0 Å². The minimum Gasteiger partial charge on any atom is -0.356 e. The molecule has 1 saturated heterocycles. The highest BCUT2D eigenvalue weighted by Crippen LogP contribution is 2.16. The van der Waals surface area contributed by atoms with Gasteiger partial charge in [0.05, 0.1) is 11.9 Å². The summed E-state index contributed by atoms with van der Waals surface area (Å²) in [5.74, 6) is 0.614. The Labute approximate surface area is 177 Å².